The molecule has 17 heavy (non-hydrogen) atoms. The zero-order valence-corrected chi connectivity index (χ0v) is 12.2. The maximum atomic E-state index is 4.61. The number of pyridine rings is 1. The second-order valence-corrected chi connectivity index (χ2v) is 5.30. The van der Waals surface area contributed by atoms with Crippen LogP contribution in [-0.4, -0.2) is 14.6 Å². The van der Waals surface area contributed by atoms with Crippen molar-refractivity contribution in [3.63, 3.8) is 0 Å². The summed E-state index contributed by atoms with van der Waals surface area (Å²) in [5, 5.41) is 4.54. The van der Waals surface area contributed by atoms with Crippen LogP contribution in [0.5, 0.6) is 0 Å². The van der Waals surface area contributed by atoms with Crippen LogP contribution in [0.15, 0.2) is 16.7 Å². The van der Waals surface area contributed by atoms with Gasteiger partial charge in [0, 0.05) is 5.92 Å². The molecule has 4 heteroatoms. The number of halogens is 1. The Labute approximate surface area is 110 Å². The van der Waals surface area contributed by atoms with Crippen molar-refractivity contribution in [1.29, 1.82) is 0 Å². The van der Waals surface area contributed by atoms with E-state index in [1.165, 1.54) is 5.56 Å². The first-order chi connectivity index (χ1) is 8.15. The molecule has 0 saturated heterocycles. The van der Waals surface area contributed by atoms with E-state index in [0.717, 1.165) is 35.3 Å². The molecule has 0 amide bonds. The molecule has 0 fully saturated rings. The maximum absolute atomic E-state index is 4.61. The summed E-state index contributed by atoms with van der Waals surface area (Å²) in [6.45, 7) is 6.51. The highest BCUT2D eigenvalue weighted by molar-refractivity contribution is 9.10. The van der Waals surface area contributed by atoms with Crippen LogP contribution in [-0.2, 0) is 6.42 Å². The van der Waals surface area contributed by atoms with Crippen LogP contribution in [0.2, 0.25) is 0 Å². The van der Waals surface area contributed by atoms with Gasteiger partial charge in [-0.25, -0.2) is 9.50 Å². The van der Waals surface area contributed by atoms with E-state index in [9.17, 15) is 0 Å². The molecule has 0 aliphatic heterocycles. The Morgan fingerprint density at radius 2 is 2.12 bits per heavy atom. The Morgan fingerprint density at radius 3 is 2.76 bits per heavy atom. The fourth-order valence-corrected chi connectivity index (χ4v) is 2.39. The van der Waals surface area contributed by atoms with Crippen molar-refractivity contribution in [2.75, 3.05) is 0 Å². The van der Waals surface area contributed by atoms with Gasteiger partial charge in [-0.1, -0.05) is 27.2 Å². The van der Waals surface area contributed by atoms with Gasteiger partial charge in [-0.05, 0) is 46.5 Å². The zero-order valence-electron chi connectivity index (χ0n) is 10.6. The van der Waals surface area contributed by atoms with E-state index in [1.54, 1.807) is 0 Å². The average molecular weight is 296 g/mol. The van der Waals surface area contributed by atoms with Gasteiger partial charge < -0.3 is 0 Å². The molecule has 0 aromatic carbocycles. The van der Waals surface area contributed by atoms with Gasteiger partial charge in [0.1, 0.15) is 4.60 Å². The molecular weight excluding hydrogens is 278 g/mol. The third-order valence-corrected chi connectivity index (χ3v) is 3.63. The van der Waals surface area contributed by atoms with Crippen molar-refractivity contribution in [3.05, 3.63) is 28.1 Å². The van der Waals surface area contributed by atoms with E-state index in [0.29, 0.717) is 5.92 Å². The lowest BCUT2D eigenvalue weighted by atomic mass is 10.1. The highest BCUT2D eigenvalue weighted by Gasteiger charge is 2.12. The minimum atomic E-state index is 0.413. The van der Waals surface area contributed by atoms with Gasteiger partial charge in [0.05, 0.1) is 0 Å². The number of hydrogen-bond donors (Lipinski definition) is 0. The zero-order chi connectivity index (χ0) is 12.4. The van der Waals surface area contributed by atoms with E-state index in [1.807, 2.05) is 4.52 Å². The first kappa shape index (κ1) is 12.6. The third kappa shape index (κ3) is 2.51. The Kier molecular flexibility index (Phi) is 3.82. The topological polar surface area (TPSA) is 30.2 Å². The lowest BCUT2D eigenvalue weighted by Gasteiger charge is -2.01. The minimum Gasteiger partial charge on any atom is -0.212 e. The molecule has 0 spiro atoms. The lowest BCUT2D eigenvalue weighted by molar-refractivity contribution is 0.674. The van der Waals surface area contributed by atoms with E-state index in [-0.39, 0.29) is 0 Å². The Bertz CT molecular complexity index is 519. The molecule has 2 aromatic rings. The number of hydrogen-bond acceptors (Lipinski definition) is 2. The predicted molar refractivity (Wildman–Crippen MR) is 73.4 cm³/mol. The minimum absolute atomic E-state index is 0.413. The van der Waals surface area contributed by atoms with Gasteiger partial charge in [-0.15, -0.1) is 5.10 Å². The molecule has 2 aromatic heterocycles. The fraction of sp³-hybridized carbons (Fsp3) is 0.538. The molecule has 0 radical (unpaired) electrons. The number of aryl methyl sites for hydroxylation is 1. The van der Waals surface area contributed by atoms with Crippen molar-refractivity contribution >= 4 is 21.6 Å². The standard InChI is InChI=1S/C13H18BrN3/c1-4-6-10-7-11(14)17-12(8-10)15-13(16-17)9(3)5-2/h7-9H,4-6H2,1-3H3. The molecular formula is C13H18BrN3. The molecule has 2 rings (SSSR count). The van der Waals surface area contributed by atoms with E-state index < -0.39 is 0 Å². The highest BCUT2D eigenvalue weighted by atomic mass is 79.9. The number of rotatable bonds is 4. The summed E-state index contributed by atoms with van der Waals surface area (Å²) in [6.07, 6.45) is 3.30. The average Bonchev–Trinajstić information content (AvgIpc) is 2.73. The van der Waals surface area contributed by atoms with Crippen molar-refractivity contribution in [2.45, 2.75) is 46.0 Å². The van der Waals surface area contributed by atoms with Crippen LogP contribution < -0.4 is 0 Å². The van der Waals surface area contributed by atoms with Gasteiger partial charge in [0.25, 0.3) is 0 Å². The molecule has 1 atom stereocenters. The van der Waals surface area contributed by atoms with E-state index in [2.05, 4.69) is 58.9 Å². The summed E-state index contributed by atoms with van der Waals surface area (Å²) < 4.78 is 2.86. The monoisotopic (exact) mass is 295 g/mol. The third-order valence-electron chi connectivity index (χ3n) is 3.06. The van der Waals surface area contributed by atoms with Crippen molar-refractivity contribution in [2.24, 2.45) is 0 Å². The molecule has 92 valence electrons. The summed E-state index contributed by atoms with van der Waals surface area (Å²) >= 11 is 3.56. The first-order valence-corrected chi connectivity index (χ1v) is 7.00. The summed E-state index contributed by atoms with van der Waals surface area (Å²) in [6, 6.07) is 4.26. The summed E-state index contributed by atoms with van der Waals surface area (Å²) in [5.41, 5.74) is 2.26. The SMILES string of the molecule is CCCc1cc(Br)n2nc(C(C)CC)nc2c1. The summed E-state index contributed by atoms with van der Waals surface area (Å²) in [4.78, 5) is 4.61. The summed E-state index contributed by atoms with van der Waals surface area (Å²) in [7, 11) is 0. The van der Waals surface area contributed by atoms with Crippen molar-refractivity contribution in [1.82, 2.24) is 14.6 Å². The van der Waals surface area contributed by atoms with Gasteiger partial charge >= 0.3 is 0 Å². The molecule has 1 unspecified atom stereocenters. The van der Waals surface area contributed by atoms with Crippen LogP contribution in [0.3, 0.4) is 0 Å². The van der Waals surface area contributed by atoms with Crippen molar-refractivity contribution < 1.29 is 0 Å². The van der Waals surface area contributed by atoms with Crippen molar-refractivity contribution in [3.8, 4) is 0 Å². The van der Waals surface area contributed by atoms with Crippen LogP contribution in [0.4, 0.5) is 0 Å². The number of fused-ring (bicyclic) bond motifs is 1. The van der Waals surface area contributed by atoms with Gasteiger partial charge in [0.15, 0.2) is 11.5 Å². The quantitative estimate of drug-likeness (QED) is 0.799. The lowest BCUT2D eigenvalue weighted by Crippen LogP contribution is -1.96. The van der Waals surface area contributed by atoms with Crippen LogP contribution in [0.25, 0.3) is 5.65 Å². The maximum Gasteiger partial charge on any atom is 0.157 e. The Hall–Kier alpha value is -0.900. The summed E-state index contributed by atoms with van der Waals surface area (Å²) in [5.74, 6) is 1.35. The fourth-order valence-electron chi connectivity index (χ4n) is 1.84. The smallest absolute Gasteiger partial charge is 0.157 e. The largest absolute Gasteiger partial charge is 0.212 e. The van der Waals surface area contributed by atoms with Gasteiger partial charge in [0.2, 0.25) is 0 Å². The van der Waals surface area contributed by atoms with Crippen LogP contribution >= 0.6 is 15.9 Å². The van der Waals surface area contributed by atoms with E-state index in [4.69, 9.17) is 0 Å². The van der Waals surface area contributed by atoms with Gasteiger partial charge in [-0.2, -0.15) is 0 Å². The molecule has 0 aliphatic carbocycles. The number of nitrogens with zero attached hydrogens (tertiary/aromatic N) is 3. The second kappa shape index (κ2) is 5.17. The normalized spacial score (nSPS) is 13.2. The highest BCUT2D eigenvalue weighted by Crippen LogP contribution is 2.20. The van der Waals surface area contributed by atoms with Crippen LogP contribution in [0.1, 0.15) is 50.9 Å². The second-order valence-electron chi connectivity index (χ2n) is 4.49. The predicted octanol–water partition coefficient (Wildman–Crippen LogP) is 3.96. The van der Waals surface area contributed by atoms with Crippen LogP contribution in [0, 0.1) is 0 Å². The molecule has 0 N–H and O–H groups in total. The number of aromatic nitrogens is 3. The Morgan fingerprint density at radius 1 is 1.35 bits per heavy atom. The molecule has 2 heterocycles. The molecule has 0 aliphatic rings. The molecule has 0 bridgehead atoms. The van der Waals surface area contributed by atoms with E-state index >= 15 is 0 Å². The first-order valence-electron chi connectivity index (χ1n) is 6.20. The molecule has 3 nitrogen and oxygen atoms in total. The van der Waals surface area contributed by atoms with Gasteiger partial charge in [-0.3, -0.25) is 0 Å². The Balaban J connectivity index is 2.49. The molecule has 0 saturated carbocycles.